The molecule has 8 heteroatoms. The average molecular weight is 340 g/mol. The molecule has 132 valence electrons. The number of hydrogen-bond donors (Lipinski definition) is 0. The van der Waals surface area contributed by atoms with Crippen LogP contribution in [0.15, 0.2) is 12.3 Å². The van der Waals surface area contributed by atoms with Crippen molar-refractivity contribution in [2.45, 2.75) is 39.2 Å². The van der Waals surface area contributed by atoms with Crippen LogP contribution in [0.3, 0.4) is 0 Å². The van der Waals surface area contributed by atoms with Crippen LogP contribution < -0.4 is 0 Å². The monoisotopic (exact) mass is 340 g/mol. The Bertz CT molecular complexity index is 633. The summed E-state index contributed by atoms with van der Waals surface area (Å²) in [5.74, 6) is -0.143. The summed E-state index contributed by atoms with van der Waals surface area (Å²) in [5, 5.41) is 3.67. The number of carbonyl (C=O) groups is 2. The first-order chi connectivity index (χ1) is 11.4. The molecule has 1 atom stereocenters. The molecule has 0 saturated carbocycles. The van der Waals surface area contributed by atoms with Crippen LogP contribution in [0.5, 0.6) is 0 Å². The van der Waals surface area contributed by atoms with Gasteiger partial charge in [0.1, 0.15) is 0 Å². The fourth-order valence-corrected chi connectivity index (χ4v) is 3.83. The maximum absolute atomic E-state index is 12.6. The van der Waals surface area contributed by atoms with E-state index in [1.807, 2.05) is 11.8 Å². The molecule has 1 aromatic heterocycles. The molecule has 3 heterocycles. The van der Waals surface area contributed by atoms with Crippen LogP contribution >= 0.6 is 0 Å². The molecule has 1 spiro atoms. The summed E-state index contributed by atoms with van der Waals surface area (Å²) in [6.45, 7) is 1.70. The van der Waals surface area contributed by atoms with E-state index in [1.54, 1.807) is 4.90 Å². The van der Waals surface area contributed by atoms with Gasteiger partial charge in [0.25, 0.3) is 5.91 Å². The minimum absolute atomic E-state index is 0.0478. The number of nitrogens with zero attached hydrogens (tertiary/aromatic N) is 4. The van der Waals surface area contributed by atoms with Crippen LogP contribution in [0.25, 0.3) is 0 Å². The van der Waals surface area contributed by atoms with Crippen molar-refractivity contribution in [3.05, 3.63) is 18.0 Å². The van der Waals surface area contributed by atoms with Crippen LogP contribution in [0.2, 0.25) is 0 Å². The van der Waals surface area contributed by atoms with Gasteiger partial charge in [0, 0.05) is 44.2 Å². The van der Waals surface area contributed by atoms with E-state index in [1.165, 1.54) is 6.07 Å². The van der Waals surface area contributed by atoms with Gasteiger partial charge in [-0.25, -0.2) is 4.68 Å². The lowest BCUT2D eigenvalue weighted by Crippen LogP contribution is -2.55. The van der Waals surface area contributed by atoms with E-state index in [0.717, 1.165) is 25.5 Å². The van der Waals surface area contributed by atoms with Gasteiger partial charge in [0.15, 0.2) is 5.69 Å². The van der Waals surface area contributed by atoms with E-state index in [4.69, 9.17) is 0 Å². The van der Waals surface area contributed by atoms with Gasteiger partial charge in [-0.2, -0.15) is 13.9 Å². The number of rotatable bonds is 3. The van der Waals surface area contributed by atoms with Crippen LogP contribution in [-0.4, -0.2) is 57.6 Å². The van der Waals surface area contributed by atoms with Crippen molar-refractivity contribution in [3.63, 3.8) is 0 Å². The van der Waals surface area contributed by atoms with Gasteiger partial charge >= 0.3 is 6.55 Å². The van der Waals surface area contributed by atoms with Crippen molar-refractivity contribution < 1.29 is 18.4 Å². The first-order valence-corrected chi connectivity index (χ1v) is 8.34. The van der Waals surface area contributed by atoms with Gasteiger partial charge < -0.3 is 9.80 Å². The summed E-state index contributed by atoms with van der Waals surface area (Å²) in [5.41, 5.74) is -0.0325. The Hall–Kier alpha value is -1.99. The van der Waals surface area contributed by atoms with Gasteiger partial charge in [-0.15, -0.1) is 0 Å². The lowest BCUT2D eigenvalue weighted by molar-refractivity contribution is -0.138. The van der Waals surface area contributed by atoms with E-state index in [2.05, 4.69) is 5.10 Å². The third kappa shape index (κ3) is 3.14. The lowest BCUT2D eigenvalue weighted by Gasteiger charge is -2.48. The van der Waals surface area contributed by atoms with Crippen LogP contribution in [0.1, 0.15) is 49.6 Å². The number of aromatic nitrogens is 2. The number of carbonyl (C=O) groups excluding carboxylic acids is 2. The Labute approximate surface area is 139 Å². The molecule has 2 aliphatic heterocycles. The van der Waals surface area contributed by atoms with Crippen LogP contribution in [0.4, 0.5) is 8.78 Å². The Balaban J connectivity index is 1.73. The summed E-state index contributed by atoms with van der Waals surface area (Å²) < 4.78 is 25.7. The molecular formula is C16H22F2N4O2. The molecule has 0 unspecified atom stereocenters. The van der Waals surface area contributed by atoms with Gasteiger partial charge in [-0.05, 0) is 32.3 Å². The molecule has 2 saturated heterocycles. The van der Waals surface area contributed by atoms with Crippen LogP contribution in [0, 0.1) is 5.41 Å². The molecular weight excluding hydrogens is 318 g/mol. The highest BCUT2D eigenvalue weighted by Gasteiger charge is 2.42. The third-order valence-corrected chi connectivity index (χ3v) is 5.11. The zero-order valence-corrected chi connectivity index (χ0v) is 13.8. The molecule has 0 aliphatic carbocycles. The van der Waals surface area contributed by atoms with Gasteiger partial charge in [-0.1, -0.05) is 0 Å². The fourth-order valence-electron chi connectivity index (χ4n) is 3.83. The van der Waals surface area contributed by atoms with Gasteiger partial charge in [0.05, 0.1) is 0 Å². The lowest BCUT2D eigenvalue weighted by atomic mass is 9.73. The van der Waals surface area contributed by atoms with E-state index in [9.17, 15) is 18.4 Å². The predicted octanol–water partition coefficient (Wildman–Crippen LogP) is 2.14. The third-order valence-electron chi connectivity index (χ3n) is 5.11. The molecule has 1 aromatic rings. The highest BCUT2D eigenvalue weighted by atomic mass is 19.3. The smallest absolute Gasteiger partial charge is 0.333 e. The minimum Gasteiger partial charge on any atom is -0.342 e. The Morgan fingerprint density at radius 1 is 1.38 bits per heavy atom. The number of halogens is 2. The molecule has 24 heavy (non-hydrogen) atoms. The quantitative estimate of drug-likeness (QED) is 0.847. The van der Waals surface area contributed by atoms with Crippen molar-refractivity contribution in [1.29, 1.82) is 0 Å². The highest BCUT2D eigenvalue weighted by Crippen LogP contribution is 2.39. The SMILES string of the molecule is CCN1C[C@@]2(CCCN(C(=O)c3ccn(C(F)F)n3)C2)CCC1=O. The Morgan fingerprint density at radius 2 is 2.17 bits per heavy atom. The summed E-state index contributed by atoms with van der Waals surface area (Å²) in [4.78, 5) is 28.1. The standard InChI is InChI=1S/C16H22F2N4O2/c1-2-20-10-16(7-4-13(20)23)6-3-8-21(11-16)14(24)12-5-9-22(19-12)15(17)18/h5,9,15H,2-4,6-8,10-11H2,1H3/t16-/m1/s1. The minimum atomic E-state index is -2.75. The van der Waals surface area contributed by atoms with Crippen molar-refractivity contribution in [3.8, 4) is 0 Å². The largest absolute Gasteiger partial charge is 0.342 e. The van der Waals surface area contributed by atoms with E-state index in [0.29, 0.717) is 37.3 Å². The van der Waals surface area contributed by atoms with Crippen molar-refractivity contribution in [1.82, 2.24) is 19.6 Å². The molecule has 0 bridgehead atoms. The summed E-state index contributed by atoms with van der Waals surface area (Å²) in [7, 11) is 0. The molecule has 0 N–H and O–H groups in total. The van der Waals surface area contributed by atoms with Gasteiger partial charge in [-0.3, -0.25) is 9.59 Å². The van der Waals surface area contributed by atoms with Gasteiger partial charge in [0.2, 0.25) is 5.91 Å². The second-order valence-corrected chi connectivity index (χ2v) is 6.70. The van der Waals surface area contributed by atoms with E-state index >= 15 is 0 Å². The van der Waals surface area contributed by atoms with Crippen molar-refractivity contribution in [2.24, 2.45) is 5.41 Å². The number of piperidine rings is 2. The maximum Gasteiger partial charge on any atom is 0.333 e. The molecule has 0 aromatic carbocycles. The summed E-state index contributed by atoms with van der Waals surface area (Å²) in [6, 6.07) is 1.33. The molecule has 6 nitrogen and oxygen atoms in total. The highest BCUT2D eigenvalue weighted by molar-refractivity contribution is 5.92. The molecule has 2 fully saturated rings. The molecule has 0 radical (unpaired) electrons. The van der Waals surface area contributed by atoms with Crippen molar-refractivity contribution >= 4 is 11.8 Å². The summed E-state index contributed by atoms with van der Waals surface area (Å²) in [6.07, 6.45) is 4.24. The van der Waals surface area contributed by atoms with Crippen LogP contribution in [-0.2, 0) is 4.79 Å². The first-order valence-electron chi connectivity index (χ1n) is 8.34. The number of likely N-dealkylation sites (tertiary alicyclic amines) is 2. The number of amides is 2. The second kappa shape index (κ2) is 6.49. The maximum atomic E-state index is 12.6. The van der Waals surface area contributed by atoms with Crippen molar-refractivity contribution in [2.75, 3.05) is 26.2 Å². The predicted molar refractivity (Wildman–Crippen MR) is 82.5 cm³/mol. The second-order valence-electron chi connectivity index (χ2n) is 6.70. The average Bonchev–Trinajstić information content (AvgIpc) is 3.07. The molecule has 3 rings (SSSR count). The zero-order chi connectivity index (χ0) is 17.3. The Morgan fingerprint density at radius 3 is 2.83 bits per heavy atom. The molecule has 2 aliphatic rings. The summed E-state index contributed by atoms with van der Waals surface area (Å²) >= 11 is 0. The number of alkyl halides is 2. The normalized spacial score (nSPS) is 24.9. The first kappa shape index (κ1) is 16.9. The Kier molecular flexibility index (Phi) is 4.56. The zero-order valence-electron chi connectivity index (χ0n) is 13.8. The fraction of sp³-hybridized carbons (Fsp3) is 0.688. The molecule has 2 amide bonds. The number of hydrogen-bond acceptors (Lipinski definition) is 3. The van der Waals surface area contributed by atoms with E-state index in [-0.39, 0.29) is 22.9 Å². The van der Waals surface area contributed by atoms with E-state index < -0.39 is 6.55 Å². The topological polar surface area (TPSA) is 58.4 Å².